The van der Waals surface area contributed by atoms with Crippen molar-refractivity contribution in [1.29, 1.82) is 0 Å². The van der Waals surface area contributed by atoms with Crippen molar-refractivity contribution in [3.63, 3.8) is 0 Å². The molecule has 144 valence electrons. The van der Waals surface area contributed by atoms with E-state index in [1.807, 2.05) is 24.3 Å². The van der Waals surface area contributed by atoms with Crippen molar-refractivity contribution in [2.75, 3.05) is 32.5 Å². The zero-order valence-electron chi connectivity index (χ0n) is 15.6. The molecule has 1 fully saturated rings. The number of hydrogen-bond acceptors (Lipinski definition) is 5. The van der Waals surface area contributed by atoms with Gasteiger partial charge in [-0.15, -0.1) is 0 Å². The number of amides is 3. The fourth-order valence-electron chi connectivity index (χ4n) is 3.08. The maximum absolute atomic E-state index is 12.5. The molecule has 1 aromatic carbocycles. The largest absolute Gasteiger partial charge is 0.331 e. The van der Waals surface area contributed by atoms with Crippen LogP contribution in [-0.2, 0) is 11.3 Å². The second-order valence-electron chi connectivity index (χ2n) is 6.81. The number of likely N-dealkylation sites (tertiary alicyclic amines) is 1. The van der Waals surface area contributed by atoms with E-state index in [0.29, 0.717) is 44.1 Å². The molecular weight excluding hydrogens is 346 g/mol. The molecule has 2 aromatic rings. The summed E-state index contributed by atoms with van der Waals surface area (Å²) in [7, 11) is 3.47. The molecule has 3 rings (SSSR count). The quantitative estimate of drug-likeness (QED) is 0.747. The number of nitrogens with one attached hydrogen (secondary N) is 2. The second kappa shape index (κ2) is 8.17. The van der Waals surface area contributed by atoms with Gasteiger partial charge in [-0.25, -0.2) is 9.78 Å². The summed E-state index contributed by atoms with van der Waals surface area (Å²) in [5.41, 5.74) is 7.10. The molecule has 0 spiro atoms. The van der Waals surface area contributed by atoms with Crippen molar-refractivity contribution in [2.24, 2.45) is 11.7 Å². The van der Waals surface area contributed by atoms with Gasteiger partial charge in [0.15, 0.2) is 5.82 Å². The molecule has 4 N–H and O–H groups in total. The van der Waals surface area contributed by atoms with Crippen LogP contribution in [-0.4, -0.2) is 64.1 Å². The molecule has 1 saturated heterocycles. The zero-order valence-corrected chi connectivity index (χ0v) is 15.6. The summed E-state index contributed by atoms with van der Waals surface area (Å²) in [5.74, 6) is 1.10. The first-order chi connectivity index (χ1) is 13.0. The average Bonchev–Trinajstić information content (AvgIpc) is 3.17. The van der Waals surface area contributed by atoms with E-state index in [4.69, 9.17) is 5.73 Å². The highest BCUT2D eigenvalue weighted by atomic mass is 16.2. The first-order valence-electron chi connectivity index (χ1n) is 8.97. The summed E-state index contributed by atoms with van der Waals surface area (Å²) in [6.45, 7) is 1.50. The number of piperidine rings is 1. The Hall–Kier alpha value is -2.94. The number of carbonyl (C=O) groups excluding carboxylic acids is 2. The Morgan fingerprint density at radius 3 is 2.48 bits per heavy atom. The molecule has 0 saturated carbocycles. The molecular formula is C18H25N7O2. The molecule has 2 heterocycles. The molecule has 0 bridgehead atoms. The minimum Gasteiger partial charge on any atom is -0.331 e. The first-order valence-corrected chi connectivity index (χ1v) is 8.97. The highest BCUT2D eigenvalue weighted by molar-refractivity contribution is 5.93. The minimum atomic E-state index is -0.0870. The van der Waals surface area contributed by atoms with E-state index in [-0.39, 0.29) is 17.9 Å². The van der Waals surface area contributed by atoms with Crippen LogP contribution >= 0.6 is 0 Å². The Morgan fingerprint density at radius 1 is 1.26 bits per heavy atom. The number of benzene rings is 1. The van der Waals surface area contributed by atoms with Crippen LogP contribution in [0.25, 0.3) is 11.4 Å². The maximum Gasteiger partial charge on any atom is 0.319 e. The minimum absolute atomic E-state index is 0.00536. The molecule has 0 radical (unpaired) electrons. The third-order valence-corrected chi connectivity index (χ3v) is 4.65. The van der Waals surface area contributed by atoms with E-state index in [1.165, 1.54) is 0 Å². The lowest BCUT2D eigenvalue weighted by Crippen LogP contribution is -2.45. The second-order valence-corrected chi connectivity index (χ2v) is 6.81. The van der Waals surface area contributed by atoms with Crippen LogP contribution in [0.15, 0.2) is 24.3 Å². The van der Waals surface area contributed by atoms with Crippen molar-refractivity contribution >= 4 is 17.6 Å². The Morgan fingerprint density at radius 2 is 1.93 bits per heavy atom. The number of nitrogens with two attached hydrogens (primary N) is 1. The number of nitrogens with zero attached hydrogens (tertiary/aromatic N) is 4. The highest BCUT2D eigenvalue weighted by Gasteiger charge is 2.28. The van der Waals surface area contributed by atoms with Crippen LogP contribution in [0.4, 0.5) is 10.5 Å². The summed E-state index contributed by atoms with van der Waals surface area (Å²) >= 11 is 0. The van der Waals surface area contributed by atoms with Gasteiger partial charge in [0, 0.05) is 44.4 Å². The first kappa shape index (κ1) is 18.8. The number of urea groups is 1. The summed E-state index contributed by atoms with van der Waals surface area (Å²) in [6, 6.07) is 7.37. The molecule has 0 unspecified atom stereocenters. The van der Waals surface area contributed by atoms with E-state index in [2.05, 4.69) is 20.5 Å². The molecule has 1 aliphatic rings. The Kier molecular flexibility index (Phi) is 5.70. The van der Waals surface area contributed by atoms with Gasteiger partial charge >= 0.3 is 6.03 Å². The molecule has 3 amide bonds. The predicted molar refractivity (Wildman–Crippen MR) is 102 cm³/mol. The summed E-state index contributed by atoms with van der Waals surface area (Å²) in [6.07, 6.45) is 1.34. The van der Waals surface area contributed by atoms with Crippen molar-refractivity contribution < 1.29 is 9.59 Å². The molecule has 1 aromatic heterocycles. The highest BCUT2D eigenvalue weighted by Crippen LogP contribution is 2.22. The van der Waals surface area contributed by atoms with Crippen LogP contribution in [0, 0.1) is 5.92 Å². The van der Waals surface area contributed by atoms with Gasteiger partial charge in [0.25, 0.3) is 0 Å². The number of hydrogen-bond donors (Lipinski definition) is 3. The van der Waals surface area contributed by atoms with Crippen molar-refractivity contribution in [3.8, 4) is 11.4 Å². The smallest absolute Gasteiger partial charge is 0.319 e. The third-order valence-electron chi connectivity index (χ3n) is 4.65. The van der Waals surface area contributed by atoms with E-state index >= 15 is 0 Å². The maximum atomic E-state index is 12.5. The number of carbonyl (C=O) groups is 2. The number of H-pyrrole nitrogens is 1. The van der Waals surface area contributed by atoms with Gasteiger partial charge in [0.1, 0.15) is 5.82 Å². The summed E-state index contributed by atoms with van der Waals surface area (Å²) < 4.78 is 0. The Balaban J connectivity index is 1.55. The normalized spacial score (nSPS) is 14.9. The lowest BCUT2D eigenvalue weighted by molar-refractivity contribution is -0.121. The third kappa shape index (κ3) is 4.43. The standard InChI is InChI=1S/C18H25N7O2/c1-24(2)18(27)25-9-7-13(8-10-25)17(26)20-14-5-3-12(4-6-14)16-21-15(11-19)22-23-16/h3-6,13H,7-11,19H2,1-2H3,(H,20,26)(H,21,22,23). The fraction of sp³-hybridized carbons (Fsp3) is 0.444. The van der Waals surface area contributed by atoms with Crippen LogP contribution in [0.1, 0.15) is 18.7 Å². The van der Waals surface area contributed by atoms with E-state index in [0.717, 1.165) is 11.3 Å². The summed E-state index contributed by atoms with van der Waals surface area (Å²) in [5, 5.41) is 9.84. The lowest BCUT2D eigenvalue weighted by Gasteiger charge is -2.33. The van der Waals surface area contributed by atoms with Crippen LogP contribution in [0.3, 0.4) is 0 Å². The van der Waals surface area contributed by atoms with Gasteiger partial charge in [-0.3, -0.25) is 9.89 Å². The molecule has 9 nitrogen and oxygen atoms in total. The molecule has 1 aliphatic heterocycles. The lowest BCUT2D eigenvalue weighted by atomic mass is 9.96. The number of rotatable bonds is 4. The van der Waals surface area contributed by atoms with E-state index in [1.54, 1.807) is 23.9 Å². The monoisotopic (exact) mass is 371 g/mol. The van der Waals surface area contributed by atoms with Crippen molar-refractivity contribution in [1.82, 2.24) is 25.0 Å². The van der Waals surface area contributed by atoms with Crippen LogP contribution in [0.2, 0.25) is 0 Å². The predicted octanol–water partition coefficient (Wildman–Crippen LogP) is 1.26. The van der Waals surface area contributed by atoms with Crippen molar-refractivity contribution in [3.05, 3.63) is 30.1 Å². The average molecular weight is 371 g/mol. The van der Waals surface area contributed by atoms with Gasteiger partial charge in [0.2, 0.25) is 5.91 Å². The van der Waals surface area contributed by atoms with Gasteiger partial charge in [-0.05, 0) is 37.1 Å². The van der Waals surface area contributed by atoms with Gasteiger partial charge < -0.3 is 20.9 Å². The number of anilines is 1. The molecule has 9 heteroatoms. The number of aromatic amines is 1. The van der Waals surface area contributed by atoms with Gasteiger partial charge in [-0.2, -0.15) is 5.10 Å². The van der Waals surface area contributed by atoms with E-state index < -0.39 is 0 Å². The zero-order chi connectivity index (χ0) is 19.4. The van der Waals surface area contributed by atoms with Gasteiger partial charge in [0.05, 0.1) is 6.54 Å². The Bertz CT molecular complexity index is 792. The van der Waals surface area contributed by atoms with Crippen molar-refractivity contribution in [2.45, 2.75) is 19.4 Å². The Labute approximate surface area is 157 Å². The topological polar surface area (TPSA) is 120 Å². The van der Waals surface area contributed by atoms with Crippen LogP contribution < -0.4 is 11.1 Å². The van der Waals surface area contributed by atoms with Crippen LogP contribution in [0.5, 0.6) is 0 Å². The molecule has 27 heavy (non-hydrogen) atoms. The van der Waals surface area contributed by atoms with Gasteiger partial charge in [-0.1, -0.05) is 0 Å². The molecule has 0 atom stereocenters. The molecule has 0 aliphatic carbocycles. The SMILES string of the molecule is CN(C)C(=O)N1CCC(C(=O)Nc2ccc(-c3n[nH]c(CN)n3)cc2)CC1. The fourth-order valence-corrected chi connectivity index (χ4v) is 3.08. The van der Waals surface area contributed by atoms with E-state index in [9.17, 15) is 9.59 Å². The summed E-state index contributed by atoms with van der Waals surface area (Å²) in [4.78, 5) is 32.1. The number of aromatic nitrogens is 3.